The average Bonchev–Trinajstić information content (AvgIpc) is 2.55. The van der Waals surface area contributed by atoms with Gasteiger partial charge in [0.2, 0.25) is 0 Å². The molecular formula is C15H20N4O3. The number of carbonyl (C=O) groups excluding carboxylic acids is 3. The third-order valence-electron chi connectivity index (χ3n) is 3.63. The van der Waals surface area contributed by atoms with E-state index >= 15 is 0 Å². The highest BCUT2D eigenvalue weighted by atomic mass is 16.2. The van der Waals surface area contributed by atoms with Crippen LogP contribution >= 0.6 is 0 Å². The number of piperazine rings is 1. The standard InChI is InChI=1S/C15H20N4O3/c1-3-18-9-10-19(14(21)13(18)20)15(22)17-12(16-2)11-7-5-4-6-8-11/h4-8,12,16H,3,9-10H2,1-2H3,(H,17,22). The molecular weight excluding hydrogens is 284 g/mol. The highest BCUT2D eigenvalue weighted by Crippen LogP contribution is 2.11. The molecule has 1 saturated heterocycles. The van der Waals surface area contributed by atoms with Crippen LogP contribution in [0.2, 0.25) is 0 Å². The Kier molecular flexibility index (Phi) is 5.11. The highest BCUT2D eigenvalue weighted by Gasteiger charge is 2.35. The zero-order valence-corrected chi connectivity index (χ0v) is 12.7. The molecule has 1 aromatic rings. The van der Waals surface area contributed by atoms with Crippen molar-refractivity contribution in [1.82, 2.24) is 20.4 Å². The van der Waals surface area contributed by atoms with Crippen molar-refractivity contribution in [2.45, 2.75) is 13.1 Å². The Morgan fingerprint density at radius 2 is 1.86 bits per heavy atom. The summed E-state index contributed by atoms with van der Waals surface area (Å²) in [5, 5.41) is 5.69. The molecule has 22 heavy (non-hydrogen) atoms. The lowest BCUT2D eigenvalue weighted by atomic mass is 10.2. The molecule has 1 heterocycles. The summed E-state index contributed by atoms with van der Waals surface area (Å²) < 4.78 is 0. The molecule has 1 aromatic carbocycles. The summed E-state index contributed by atoms with van der Waals surface area (Å²) in [6.07, 6.45) is -0.430. The lowest BCUT2D eigenvalue weighted by molar-refractivity contribution is -0.153. The van der Waals surface area contributed by atoms with Crippen molar-refractivity contribution in [3.8, 4) is 0 Å². The van der Waals surface area contributed by atoms with Gasteiger partial charge in [-0.15, -0.1) is 0 Å². The number of nitrogens with one attached hydrogen (secondary N) is 2. The summed E-state index contributed by atoms with van der Waals surface area (Å²) in [6, 6.07) is 8.76. The molecule has 0 aromatic heterocycles. The maximum absolute atomic E-state index is 12.3. The Labute approximate surface area is 129 Å². The second-order valence-corrected chi connectivity index (χ2v) is 4.92. The first-order valence-electron chi connectivity index (χ1n) is 7.22. The molecule has 0 radical (unpaired) electrons. The van der Waals surface area contributed by atoms with Crippen LogP contribution in [-0.2, 0) is 9.59 Å². The van der Waals surface area contributed by atoms with Gasteiger partial charge in [-0.2, -0.15) is 0 Å². The van der Waals surface area contributed by atoms with E-state index in [1.165, 1.54) is 4.90 Å². The number of hydrogen-bond donors (Lipinski definition) is 2. The minimum absolute atomic E-state index is 0.204. The molecule has 1 aliphatic rings. The van der Waals surface area contributed by atoms with Crippen molar-refractivity contribution in [2.75, 3.05) is 26.7 Å². The first kappa shape index (κ1) is 16.0. The van der Waals surface area contributed by atoms with Crippen LogP contribution in [0.3, 0.4) is 0 Å². The van der Waals surface area contributed by atoms with E-state index in [9.17, 15) is 14.4 Å². The van der Waals surface area contributed by atoms with E-state index in [0.717, 1.165) is 10.5 Å². The van der Waals surface area contributed by atoms with Crippen molar-refractivity contribution >= 4 is 17.8 Å². The van der Waals surface area contributed by atoms with E-state index in [1.807, 2.05) is 30.3 Å². The number of nitrogens with zero attached hydrogens (tertiary/aromatic N) is 2. The van der Waals surface area contributed by atoms with Crippen LogP contribution in [0.4, 0.5) is 4.79 Å². The topological polar surface area (TPSA) is 81.8 Å². The molecule has 118 valence electrons. The summed E-state index contributed by atoms with van der Waals surface area (Å²) in [5.41, 5.74) is 0.865. The number of likely N-dealkylation sites (N-methyl/N-ethyl adjacent to an activating group) is 1. The molecule has 1 unspecified atom stereocenters. The van der Waals surface area contributed by atoms with E-state index in [-0.39, 0.29) is 6.54 Å². The van der Waals surface area contributed by atoms with Crippen LogP contribution < -0.4 is 10.6 Å². The molecule has 1 atom stereocenters. The quantitative estimate of drug-likeness (QED) is 0.619. The number of urea groups is 1. The molecule has 0 aliphatic carbocycles. The smallest absolute Gasteiger partial charge is 0.326 e. The predicted octanol–water partition coefficient (Wildman–Crippen LogP) is 0.305. The van der Waals surface area contributed by atoms with Gasteiger partial charge in [0.1, 0.15) is 6.17 Å². The second-order valence-electron chi connectivity index (χ2n) is 4.92. The lowest BCUT2D eigenvalue weighted by Gasteiger charge is -2.32. The first-order valence-corrected chi connectivity index (χ1v) is 7.22. The third kappa shape index (κ3) is 3.25. The van der Waals surface area contributed by atoms with Gasteiger partial charge in [-0.3, -0.25) is 19.8 Å². The van der Waals surface area contributed by atoms with Crippen molar-refractivity contribution in [2.24, 2.45) is 0 Å². The molecule has 0 saturated carbocycles. The molecule has 2 rings (SSSR count). The van der Waals surface area contributed by atoms with Crippen molar-refractivity contribution in [3.63, 3.8) is 0 Å². The number of rotatable bonds is 4. The minimum Gasteiger partial charge on any atom is -0.333 e. The molecule has 0 spiro atoms. The molecule has 1 fully saturated rings. The Morgan fingerprint density at radius 3 is 2.45 bits per heavy atom. The molecule has 7 heteroatoms. The van der Waals surface area contributed by atoms with Gasteiger partial charge in [0.05, 0.1) is 0 Å². The molecule has 2 N–H and O–H groups in total. The molecule has 7 nitrogen and oxygen atoms in total. The fourth-order valence-electron chi connectivity index (χ4n) is 2.34. The number of amides is 4. The number of carbonyl (C=O) groups is 3. The van der Waals surface area contributed by atoms with Crippen LogP contribution in [0.15, 0.2) is 30.3 Å². The number of imide groups is 1. The molecule has 4 amide bonds. The van der Waals surface area contributed by atoms with Crippen LogP contribution in [0.25, 0.3) is 0 Å². The maximum atomic E-state index is 12.3. The summed E-state index contributed by atoms with van der Waals surface area (Å²) in [7, 11) is 1.71. The second kappa shape index (κ2) is 7.04. The van der Waals surface area contributed by atoms with Gasteiger partial charge in [-0.1, -0.05) is 30.3 Å². The Hall–Kier alpha value is -2.41. The van der Waals surface area contributed by atoms with Gasteiger partial charge in [0.25, 0.3) is 0 Å². The van der Waals surface area contributed by atoms with Crippen molar-refractivity contribution in [1.29, 1.82) is 0 Å². The van der Waals surface area contributed by atoms with Gasteiger partial charge >= 0.3 is 17.8 Å². The van der Waals surface area contributed by atoms with Crippen LogP contribution in [0.1, 0.15) is 18.7 Å². The summed E-state index contributed by atoms with van der Waals surface area (Å²) in [6.45, 7) is 2.83. The minimum atomic E-state index is -0.784. The van der Waals surface area contributed by atoms with Crippen molar-refractivity contribution < 1.29 is 14.4 Å². The van der Waals surface area contributed by atoms with Gasteiger partial charge in [-0.25, -0.2) is 4.79 Å². The number of hydrogen-bond acceptors (Lipinski definition) is 4. The van der Waals surface area contributed by atoms with E-state index < -0.39 is 24.0 Å². The van der Waals surface area contributed by atoms with E-state index in [0.29, 0.717) is 13.1 Å². The normalized spacial score (nSPS) is 16.6. The van der Waals surface area contributed by atoms with Gasteiger partial charge < -0.3 is 10.2 Å². The zero-order valence-electron chi connectivity index (χ0n) is 12.7. The van der Waals surface area contributed by atoms with Crippen molar-refractivity contribution in [3.05, 3.63) is 35.9 Å². The average molecular weight is 304 g/mol. The predicted molar refractivity (Wildman–Crippen MR) is 80.7 cm³/mol. The van der Waals surface area contributed by atoms with E-state index in [2.05, 4.69) is 10.6 Å². The fourth-order valence-corrected chi connectivity index (χ4v) is 2.34. The van der Waals surface area contributed by atoms with Crippen LogP contribution in [0, 0.1) is 0 Å². The van der Waals surface area contributed by atoms with E-state index in [1.54, 1.807) is 14.0 Å². The lowest BCUT2D eigenvalue weighted by Crippen LogP contribution is -2.59. The molecule has 1 aliphatic heterocycles. The van der Waals surface area contributed by atoms with Crippen LogP contribution in [-0.4, -0.2) is 54.3 Å². The van der Waals surface area contributed by atoms with Gasteiger partial charge in [0.15, 0.2) is 0 Å². The van der Waals surface area contributed by atoms with Crippen LogP contribution in [0.5, 0.6) is 0 Å². The SMILES string of the molecule is CCN1CCN(C(=O)NC(NC)c2ccccc2)C(=O)C1=O. The first-order chi connectivity index (χ1) is 10.6. The largest absolute Gasteiger partial charge is 0.333 e. The third-order valence-corrected chi connectivity index (χ3v) is 3.63. The molecule has 0 bridgehead atoms. The Bertz CT molecular complexity index is 561. The maximum Gasteiger partial charge on any atom is 0.326 e. The van der Waals surface area contributed by atoms with E-state index in [4.69, 9.17) is 0 Å². The summed E-state index contributed by atoms with van der Waals surface area (Å²) >= 11 is 0. The summed E-state index contributed by atoms with van der Waals surface area (Å²) in [4.78, 5) is 38.5. The Balaban J connectivity index is 2.05. The summed E-state index contributed by atoms with van der Waals surface area (Å²) in [5.74, 6) is -1.42. The Morgan fingerprint density at radius 1 is 1.18 bits per heavy atom. The highest BCUT2D eigenvalue weighted by molar-refractivity contribution is 6.38. The monoisotopic (exact) mass is 304 g/mol. The van der Waals surface area contributed by atoms with Gasteiger partial charge in [-0.05, 0) is 19.5 Å². The number of benzene rings is 1. The zero-order chi connectivity index (χ0) is 16.1. The fraction of sp³-hybridized carbons (Fsp3) is 0.400. The van der Waals surface area contributed by atoms with Gasteiger partial charge in [0, 0.05) is 19.6 Å².